The van der Waals surface area contributed by atoms with Gasteiger partial charge in [-0.2, -0.15) is 0 Å². The maximum atomic E-state index is 13.8. The van der Waals surface area contributed by atoms with Gasteiger partial charge in [0.2, 0.25) is 0 Å². The Morgan fingerprint density at radius 2 is 1.80 bits per heavy atom. The standard InChI is InChI=1S/C16H15F2NO/c17-13-6-3-4-12-11(13)8-9-16(12,10-20)19-15-7-2-1-5-14(15)18/h1-7,19-20H,8-10H2. The topological polar surface area (TPSA) is 32.3 Å². The van der Waals surface area contributed by atoms with Crippen molar-refractivity contribution in [2.75, 3.05) is 11.9 Å². The van der Waals surface area contributed by atoms with E-state index >= 15 is 0 Å². The Labute approximate surface area is 116 Å². The SMILES string of the molecule is OCC1(Nc2ccccc2F)CCc2c(F)cccc21. The zero-order chi connectivity index (χ0) is 14.2. The van der Waals surface area contributed by atoms with Gasteiger partial charge in [0.05, 0.1) is 17.8 Å². The summed E-state index contributed by atoms with van der Waals surface area (Å²) in [5.74, 6) is -0.654. The molecule has 2 N–H and O–H groups in total. The average Bonchev–Trinajstić information content (AvgIpc) is 2.83. The van der Waals surface area contributed by atoms with E-state index in [1.165, 1.54) is 12.1 Å². The third-order valence-corrected chi connectivity index (χ3v) is 3.95. The smallest absolute Gasteiger partial charge is 0.146 e. The molecule has 1 aliphatic carbocycles. The van der Waals surface area contributed by atoms with Crippen molar-refractivity contribution in [3.05, 3.63) is 65.2 Å². The van der Waals surface area contributed by atoms with E-state index in [0.29, 0.717) is 29.7 Å². The highest BCUT2D eigenvalue weighted by molar-refractivity contribution is 5.52. The molecule has 1 aliphatic rings. The average molecular weight is 275 g/mol. The van der Waals surface area contributed by atoms with Gasteiger partial charge in [-0.05, 0) is 42.2 Å². The molecule has 2 aromatic carbocycles. The normalized spacial score (nSPS) is 20.8. The summed E-state index contributed by atoms with van der Waals surface area (Å²) in [6, 6.07) is 11.1. The summed E-state index contributed by atoms with van der Waals surface area (Å²) in [6.07, 6.45) is 1.07. The monoisotopic (exact) mass is 275 g/mol. The number of hydrogen-bond acceptors (Lipinski definition) is 2. The summed E-state index contributed by atoms with van der Waals surface area (Å²) in [4.78, 5) is 0. The summed E-state index contributed by atoms with van der Waals surface area (Å²) in [6.45, 7) is -0.211. The van der Waals surface area contributed by atoms with Crippen molar-refractivity contribution in [2.45, 2.75) is 18.4 Å². The molecule has 104 valence electrons. The van der Waals surface area contributed by atoms with Crippen LogP contribution < -0.4 is 5.32 Å². The maximum Gasteiger partial charge on any atom is 0.146 e. The molecule has 0 bridgehead atoms. The van der Waals surface area contributed by atoms with E-state index in [0.717, 1.165) is 0 Å². The Morgan fingerprint density at radius 3 is 2.55 bits per heavy atom. The molecular formula is C16H15F2NO. The zero-order valence-electron chi connectivity index (χ0n) is 10.9. The number of anilines is 1. The van der Waals surface area contributed by atoms with Gasteiger partial charge in [-0.25, -0.2) is 8.78 Å². The molecule has 0 saturated heterocycles. The first kappa shape index (κ1) is 13.1. The van der Waals surface area contributed by atoms with E-state index in [9.17, 15) is 13.9 Å². The minimum absolute atomic E-state index is 0.211. The van der Waals surface area contributed by atoms with Gasteiger partial charge in [-0.1, -0.05) is 24.3 Å². The van der Waals surface area contributed by atoms with Crippen LogP contribution >= 0.6 is 0 Å². The van der Waals surface area contributed by atoms with Gasteiger partial charge in [0.15, 0.2) is 0 Å². The van der Waals surface area contributed by atoms with E-state index < -0.39 is 5.54 Å². The van der Waals surface area contributed by atoms with Crippen molar-refractivity contribution in [1.82, 2.24) is 0 Å². The van der Waals surface area contributed by atoms with Crippen LogP contribution in [0.2, 0.25) is 0 Å². The van der Waals surface area contributed by atoms with Crippen molar-refractivity contribution in [2.24, 2.45) is 0 Å². The first-order valence-corrected chi connectivity index (χ1v) is 6.58. The number of nitrogens with one attached hydrogen (secondary N) is 1. The number of halogens is 2. The highest BCUT2D eigenvalue weighted by atomic mass is 19.1. The molecule has 0 radical (unpaired) electrons. The molecule has 1 unspecified atom stereocenters. The van der Waals surface area contributed by atoms with Crippen molar-refractivity contribution in [3.8, 4) is 0 Å². The van der Waals surface area contributed by atoms with Crippen LogP contribution in [0, 0.1) is 11.6 Å². The summed E-state index contributed by atoms with van der Waals surface area (Å²) >= 11 is 0. The lowest BCUT2D eigenvalue weighted by Gasteiger charge is -2.31. The second-order valence-electron chi connectivity index (χ2n) is 5.11. The third-order valence-electron chi connectivity index (χ3n) is 3.95. The van der Waals surface area contributed by atoms with E-state index in [4.69, 9.17) is 0 Å². The first-order chi connectivity index (χ1) is 9.66. The molecule has 2 aromatic rings. The zero-order valence-corrected chi connectivity index (χ0v) is 10.9. The number of hydrogen-bond donors (Lipinski definition) is 2. The van der Waals surface area contributed by atoms with Crippen LogP contribution in [0.5, 0.6) is 0 Å². The lowest BCUT2D eigenvalue weighted by Crippen LogP contribution is -2.37. The molecule has 0 saturated carbocycles. The number of aliphatic hydroxyl groups excluding tert-OH is 1. The summed E-state index contributed by atoms with van der Waals surface area (Å²) < 4.78 is 27.6. The number of para-hydroxylation sites is 1. The molecule has 0 aromatic heterocycles. The number of benzene rings is 2. The molecule has 0 aliphatic heterocycles. The second kappa shape index (κ2) is 4.87. The molecule has 0 fully saturated rings. The molecule has 2 nitrogen and oxygen atoms in total. The quantitative estimate of drug-likeness (QED) is 0.901. The Balaban J connectivity index is 2.04. The van der Waals surface area contributed by atoms with Crippen LogP contribution in [0.4, 0.5) is 14.5 Å². The minimum atomic E-state index is -0.820. The molecule has 0 spiro atoms. The second-order valence-corrected chi connectivity index (χ2v) is 5.11. The summed E-state index contributed by atoms with van der Waals surface area (Å²) in [5, 5.41) is 12.9. The van der Waals surface area contributed by atoms with Gasteiger partial charge in [-0.3, -0.25) is 0 Å². The fourth-order valence-electron chi connectivity index (χ4n) is 2.89. The number of fused-ring (bicyclic) bond motifs is 1. The van der Waals surface area contributed by atoms with Gasteiger partial charge in [-0.15, -0.1) is 0 Å². The van der Waals surface area contributed by atoms with E-state index in [1.54, 1.807) is 30.3 Å². The molecular weight excluding hydrogens is 260 g/mol. The van der Waals surface area contributed by atoms with Crippen LogP contribution in [-0.2, 0) is 12.0 Å². The number of aliphatic hydroxyl groups is 1. The van der Waals surface area contributed by atoms with Crippen molar-refractivity contribution in [1.29, 1.82) is 0 Å². The van der Waals surface area contributed by atoms with E-state index in [-0.39, 0.29) is 18.2 Å². The lowest BCUT2D eigenvalue weighted by atomic mass is 9.92. The van der Waals surface area contributed by atoms with Gasteiger partial charge in [0.1, 0.15) is 11.6 Å². The van der Waals surface area contributed by atoms with Gasteiger partial charge in [0, 0.05) is 0 Å². The molecule has 0 heterocycles. The Morgan fingerprint density at radius 1 is 1.05 bits per heavy atom. The van der Waals surface area contributed by atoms with Crippen LogP contribution in [0.1, 0.15) is 17.5 Å². The van der Waals surface area contributed by atoms with Crippen molar-refractivity contribution in [3.63, 3.8) is 0 Å². The predicted molar refractivity (Wildman–Crippen MR) is 73.5 cm³/mol. The fraction of sp³-hybridized carbons (Fsp3) is 0.250. The van der Waals surface area contributed by atoms with Crippen LogP contribution in [0.3, 0.4) is 0 Å². The largest absolute Gasteiger partial charge is 0.394 e. The molecule has 4 heteroatoms. The van der Waals surface area contributed by atoms with E-state index in [1.807, 2.05) is 0 Å². The van der Waals surface area contributed by atoms with Gasteiger partial charge < -0.3 is 10.4 Å². The van der Waals surface area contributed by atoms with Crippen molar-refractivity contribution >= 4 is 5.69 Å². The van der Waals surface area contributed by atoms with Crippen LogP contribution in [0.15, 0.2) is 42.5 Å². The predicted octanol–water partition coefficient (Wildman–Crippen LogP) is 3.21. The van der Waals surface area contributed by atoms with Crippen LogP contribution in [0.25, 0.3) is 0 Å². The Kier molecular flexibility index (Phi) is 3.18. The first-order valence-electron chi connectivity index (χ1n) is 6.58. The van der Waals surface area contributed by atoms with Crippen molar-refractivity contribution < 1.29 is 13.9 Å². The van der Waals surface area contributed by atoms with Gasteiger partial charge in [0.25, 0.3) is 0 Å². The molecule has 0 amide bonds. The Bertz CT molecular complexity index is 644. The highest BCUT2D eigenvalue weighted by Gasteiger charge is 2.39. The summed E-state index contributed by atoms with van der Waals surface area (Å²) in [7, 11) is 0. The third kappa shape index (κ3) is 1.96. The molecule has 20 heavy (non-hydrogen) atoms. The Hall–Kier alpha value is -1.94. The summed E-state index contributed by atoms with van der Waals surface area (Å²) in [5.41, 5.74) is 0.812. The lowest BCUT2D eigenvalue weighted by molar-refractivity contribution is 0.211. The number of rotatable bonds is 3. The highest BCUT2D eigenvalue weighted by Crippen LogP contribution is 2.40. The fourth-order valence-corrected chi connectivity index (χ4v) is 2.89. The van der Waals surface area contributed by atoms with E-state index in [2.05, 4.69) is 5.32 Å². The van der Waals surface area contributed by atoms with Crippen LogP contribution in [-0.4, -0.2) is 11.7 Å². The molecule has 1 atom stereocenters. The molecule has 3 rings (SSSR count). The maximum absolute atomic E-state index is 13.8. The van der Waals surface area contributed by atoms with Gasteiger partial charge >= 0.3 is 0 Å². The minimum Gasteiger partial charge on any atom is -0.394 e.